The standard InChI is InChI=1S/C24H24N2O4/c1-16-6-4-5-7-20(16)24(28)26-21-15-18(10-13-22(21)30-3)25-23(27)14-17-8-11-19(29-2)12-9-17/h4-13,15H,14H2,1-3H3,(H,25,27)(H,26,28). The lowest BCUT2D eigenvalue weighted by Gasteiger charge is -2.14. The summed E-state index contributed by atoms with van der Waals surface area (Å²) in [5.41, 5.74) is 3.36. The molecule has 0 heterocycles. The first-order valence-corrected chi connectivity index (χ1v) is 9.48. The number of hydrogen-bond donors (Lipinski definition) is 2. The van der Waals surface area contributed by atoms with Crippen molar-refractivity contribution in [1.82, 2.24) is 0 Å². The van der Waals surface area contributed by atoms with E-state index in [0.717, 1.165) is 16.9 Å². The molecule has 0 aliphatic heterocycles. The fourth-order valence-electron chi connectivity index (χ4n) is 3.03. The zero-order chi connectivity index (χ0) is 21.5. The van der Waals surface area contributed by atoms with E-state index in [1.807, 2.05) is 49.4 Å². The van der Waals surface area contributed by atoms with Gasteiger partial charge in [-0.3, -0.25) is 9.59 Å². The Bertz CT molecular complexity index is 1050. The van der Waals surface area contributed by atoms with Gasteiger partial charge >= 0.3 is 0 Å². The van der Waals surface area contributed by atoms with E-state index in [1.54, 1.807) is 31.4 Å². The minimum absolute atomic E-state index is 0.165. The van der Waals surface area contributed by atoms with Crippen LogP contribution in [0.1, 0.15) is 21.5 Å². The maximum absolute atomic E-state index is 12.7. The highest BCUT2D eigenvalue weighted by Gasteiger charge is 2.13. The van der Waals surface area contributed by atoms with Gasteiger partial charge in [0.2, 0.25) is 5.91 Å². The van der Waals surface area contributed by atoms with Gasteiger partial charge < -0.3 is 20.1 Å². The molecule has 0 bridgehead atoms. The van der Waals surface area contributed by atoms with E-state index in [2.05, 4.69) is 10.6 Å². The van der Waals surface area contributed by atoms with Crippen molar-refractivity contribution in [2.24, 2.45) is 0 Å². The van der Waals surface area contributed by atoms with Crippen LogP contribution in [-0.2, 0) is 11.2 Å². The number of nitrogens with one attached hydrogen (secondary N) is 2. The van der Waals surface area contributed by atoms with Crippen LogP contribution in [0.25, 0.3) is 0 Å². The van der Waals surface area contributed by atoms with Gasteiger partial charge in [-0.1, -0.05) is 30.3 Å². The molecule has 0 fully saturated rings. The summed E-state index contributed by atoms with van der Waals surface area (Å²) < 4.78 is 10.5. The third-order valence-electron chi connectivity index (χ3n) is 4.64. The second kappa shape index (κ2) is 9.60. The van der Waals surface area contributed by atoms with Crippen molar-refractivity contribution in [3.8, 4) is 11.5 Å². The first-order chi connectivity index (χ1) is 14.5. The molecule has 0 aliphatic rings. The highest BCUT2D eigenvalue weighted by molar-refractivity contribution is 6.06. The summed E-state index contributed by atoms with van der Waals surface area (Å²) in [6, 6.07) is 19.8. The van der Waals surface area contributed by atoms with Crippen LogP contribution in [0.3, 0.4) is 0 Å². The molecule has 3 rings (SSSR count). The van der Waals surface area contributed by atoms with E-state index in [-0.39, 0.29) is 18.2 Å². The van der Waals surface area contributed by atoms with Crippen molar-refractivity contribution in [1.29, 1.82) is 0 Å². The summed E-state index contributed by atoms with van der Waals surface area (Å²) in [5, 5.41) is 5.72. The summed E-state index contributed by atoms with van der Waals surface area (Å²) in [5.74, 6) is 0.836. The SMILES string of the molecule is COc1ccc(CC(=O)Nc2ccc(OC)c(NC(=O)c3ccccc3C)c2)cc1. The number of anilines is 2. The van der Waals surface area contributed by atoms with Crippen molar-refractivity contribution in [2.45, 2.75) is 13.3 Å². The van der Waals surface area contributed by atoms with Gasteiger partial charge in [0.1, 0.15) is 11.5 Å². The third-order valence-corrected chi connectivity index (χ3v) is 4.64. The molecule has 0 radical (unpaired) electrons. The Kier molecular flexibility index (Phi) is 6.70. The average molecular weight is 404 g/mol. The lowest BCUT2D eigenvalue weighted by molar-refractivity contribution is -0.115. The molecule has 0 aliphatic carbocycles. The van der Waals surface area contributed by atoms with Crippen LogP contribution in [0.4, 0.5) is 11.4 Å². The van der Waals surface area contributed by atoms with Gasteiger partial charge in [-0.2, -0.15) is 0 Å². The monoisotopic (exact) mass is 404 g/mol. The number of amides is 2. The van der Waals surface area contributed by atoms with E-state index in [4.69, 9.17) is 9.47 Å². The molecule has 0 spiro atoms. The lowest BCUT2D eigenvalue weighted by atomic mass is 10.1. The molecule has 2 amide bonds. The minimum atomic E-state index is -0.242. The van der Waals surface area contributed by atoms with Gasteiger partial charge in [0.15, 0.2) is 0 Å². The summed E-state index contributed by atoms with van der Waals surface area (Å²) in [6.45, 7) is 1.88. The number of carbonyl (C=O) groups is 2. The Hall–Kier alpha value is -3.80. The summed E-state index contributed by atoms with van der Waals surface area (Å²) in [6.07, 6.45) is 0.223. The molecular weight excluding hydrogens is 380 g/mol. The molecule has 3 aromatic carbocycles. The van der Waals surface area contributed by atoms with Crippen molar-refractivity contribution in [2.75, 3.05) is 24.9 Å². The number of ether oxygens (including phenoxy) is 2. The van der Waals surface area contributed by atoms with E-state index in [0.29, 0.717) is 22.7 Å². The molecule has 2 N–H and O–H groups in total. The van der Waals surface area contributed by atoms with Gasteiger partial charge in [0.25, 0.3) is 5.91 Å². The van der Waals surface area contributed by atoms with Crippen molar-refractivity contribution in [3.05, 3.63) is 83.4 Å². The molecule has 6 heteroatoms. The normalized spacial score (nSPS) is 10.2. The van der Waals surface area contributed by atoms with Gasteiger partial charge in [0.05, 0.1) is 26.3 Å². The highest BCUT2D eigenvalue weighted by Crippen LogP contribution is 2.28. The van der Waals surface area contributed by atoms with Crippen LogP contribution < -0.4 is 20.1 Å². The Morgan fingerprint density at radius 1 is 0.867 bits per heavy atom. The van der Waals surface area contributed by atoms with Crippen LogP contribution >= 0.6 is 0 Å². The zero-order valence-electron chi connectivity index (χ0n) is 17.2. The molecule has 0 atom stereocenters. The predicted octanol–water partition coefficient (Wildman–Crippen LogP) is 4.45. The van der Waals surface area contributed by atoms with E-state index in [1.165, 1.54) is 7.11 Å². The number of carbonyl (C=O) groups excluding carboxylic acids is 2. The smallest absolute Gasteiger partial charge is 0.256 e. The summed E-state index contributed by atoms with van der Waals surface area (Å²) >= 11 is 0. The third kappa shape index (κ3) is 5.17. The molecule has 3 aromatic rings. The summed E-state index contributed by atoms with van der Waals surface area (Å²) in [7, 11) is 3.13. The number of aryl methyl sites for hydroxylation is 1. The first kappa shape index (κ1) is 20.9. The van der Waals surface area contributed by atoms with Crippen LogP contribution in [0, 0.1) is 6.92 Å². The van der Waals surface area contributed by atoms with E-state index >= 15 is 0 Å². The van der Waals surface area contributed by atoms with Crippen LogP contribution in [0.5, 0.6) is 11.5 Å². The summed E-state index contributed by atoms with van der Waals surface area (Å²) in [4.78, 5) is 25.1. The van der Waals surface area contributed by atoms with E-state index in [9.17, 15) is 9.59 Å². The van der Waals surface area contributed by atoms with Gasteiger partial charge in [0, 0.05) is 11.3 Å². The van der Waals surface area contributed by atoms with Crippen molar-refractivity contribution < 1.29 is 19.1 Å². The lowest BCUT2D eigenvalue weighted by Crippen LogP contribution is -2.16. The molecule has 0 aromatic heterocycles. The quantitative estimate of drug-likeness (QED) is 0.610. The molecular formula is C24H24N2O4. The molecule has 0 unspecified atom stereocenters. The topological polar surface area (TPSA) is 76.7 Å². The molecule has 6 nitrogen and oxygen atoms in total. The molecule has 0 saturated heterocycles. The maximum atomic E-state index is 12.7. The predicted molar refractivity (Wildman–Crippen MR) is 117 cm³/mol. The van der Waals surface area contributed by atoms with Crippen LogP contribution in [-0.4, -0.2) is 26.0 Å². The van der Waals surface area contributed by atoms with Crippen molar-refractivity contribution in [3.63, 3.8) is 0 Å². The Morgan fingerprint density at radius 3 is 2.27 bits per heavy atom. The number of methoxy groups -OCH3 is 2. The second-order valence-corrected chi connectivity index (χ2v) is 6.76. The molecule has 30 heavy (non-hydrogen) atoms. The van der Waals surface area contributed by atoms with Crippen molar-refractivity contribution >= 4 is 23.2 Å². The van der Waals surface area contributed by atoms with Gasteiger partial charge in [-0.15, -0.1) is 0 Å². The van der Waals surface area contributed by atoms with E-state index < -0.39 is 0 Å². The Morgan fingerprint density at radius 2 is 1.60 bits per heavy atom. The largest absolute Gasteiger partial charge is 0.497 e. The minimum Gasteiger partial charge on any atom is -0.497 e. The average Bonchev–Trinajstić information content (AvgIpc) is 2.74. The zero-order valence-corrected chi connectivity index (χ0v) is 17.2. The molecule has 0 saturated carbocycles. The maximum Gasteiger partial charge on any atom is 0.256 e. The number of rotatable bonds is 7. The first-order valence-electron chi connectivity index (χ1n) is 9.48. The second-order valence-electron chi connectivity index (χ2n) is 6.76. The van der Waals surface area contributed by atoms with Gasteiger partial charge in [-0.05, 0) is 54.4 Å². The Balaban J connectivity index is 1.72. The fraction of sp³-hybridized carbons (Fsp3) is 0.167. The highest BCUT2D eigenvalue weighted by atomic mass is 16.5. The molecule has 154 valence electrons. The Labute approximate surface area is 175 Å². The number of benzene rings is 3. The van der Waals surface area contributed by atoms with Crippen LogP contribution in [0.2, 0.25) is 0 Å². The number of hydrogen-bond acceptors (Lipinski definition) is 4. The fourth-order valence-corrected chi connectivity index (χ4v) is 3.03. The van der Waals surface area contributed by atoms with Crippen LogP contribution in [0.15, 0.2) is 66.7 Å². The van der Waals surface area contributed by atoms with Gasteiger partial charge in [-0.25, -0.2) is 0 Å².